The van der Waals surface area contributed by atoms with Crippen LogP contribution in [0.1, 0.15) is 17.5 Å². The molecule has 0 saturated carbocycles. The van der Waals surface area contributed by atoms with E-state index in [9.17, 15) is 9.59 Å². The van der Waals surface area contributed by atoms with Gasteiger partial charge in [0.2, 0.25) is 11.8 Å². The first-order chi connectivity index (χ1) is 11.6. The van der Waals surface area contributed by atoms with Crippen LogP contribution >= 0.6 is 0 Å². The van der Waals surface area contributed by atoms with Crippen molar-refractivity contribution in [2.24, 2.45) is 11.8 Å². The summed E-state index contributed by atoms with van der Waals surface area (Å²) in [7, 11) is 1.87. The van der Waals surface area contributed by atoms with Crippen molar-refractivity contribution in [3.8, 4) is 0 Å². The van der Waals surface area contributed by atoms with Crippen molar-refractivity contribution < 1.29 is 9.59 Å². The molecule has 0 radical (unpaired) electrons. The van der Waals surface area contributed by atoms with Crippen LogP contribution in [-0.4, -0.2) is 66.3 Å². The lowest BCUT2D eigenvalue weighted by atomic mass is 9.88. The number of piperidine rings is 1. The molecule has 3 aliphatic rings. The largest absolute Gasteiger partial charge is 0.345 e. The van der Waals surface area contributed by atoms with E-state index in [1.807, 2.05) is 16.8 Å². The zero-order valence-corrected chi connectivity index (χ0v) is 14.3. The van der Waals surface area contributed by atoms with E-state index in [-0.39, 0.29) is 17.7 Å². The molecule has 5 heteroatoms. The van der Waals surface area contributed by atoms with Crippen molar-refractivity contribution in [2.75, 3.05) is 39.8 Å². The number of fused-ring (bicyclic) bond motifs is 2. The second-order valence-electron chi connectivity index (χ2n) is 7.44. The molecule has 0 unspecified atom stereocenters. The Kier molecular flexibility index (Phi) is 4.04. The Balaban J connectivity index is 1.37. The molecular weight excluding hydrogens is 302 g/mol. The molecule has 1 aromatic carbocycles. The van der Waals surface area contributed by atoms with Crippen LogP contribution in [0.2, 0.25) is 0 Å². The lowest BCUT2D eigenvalue weighted by Gasteiger charge is -2.30. The number of amides is 2. The topological polar surface area (TPSA) is 43.9 Å². The molecule has 0 bridgehead atoms. The van der Waals surface area contributed by atoms with Crippen molar-refractivity contribution in [3.05, 3.63) is 35.4 Å². The van der Waals surface area contributed by atoms with Gasteiger partial charge in [0.15, 0.2) is 0 Å². The summed E-state index contributed by atoms with van der Waals surface area (Å²) in [5, 5.41) is 0. The number of carbonyl (C=O) groups is 2. The highest BCUT2D eigenvalue weighted by Gasteiger charge is 2.43. The van der Waals surface area contributed by atoms with Crippen LogP contribution in [0.3, 0.4) is 0 Å². The minimum atomic E-state index is 0.0229. The Morgan fingerprint density at radius 2 is 1.96 bits per heavy atom. The quantitative estimate of drug-likeness (QED) is 0.813. The molecule has 128 valence electrons. The molecule has 0 aliphatic carbocycles. The first kappa shape index (κ1) is 15.6. The van der Waals surface area contributed by atoms with Gasteiger partial charge in [-0.05, 0) is 29.9 Å². The van der Waals surface area contributed by atoms with Gasteiger partial charge in [0.25, 0.3) is 0 Å². The van der Waals surface area contributed by atoms with E-state index in [0.717, 1.165) is 39.0 Å². The van der Waals surface area contributed by atoms with Crippen molar-refractivity contribution >= 4 is 11.8 Å². The molecular formula is C19H25N3O2. The summed E-state index contributed by atoms with van der Waals surface area (Å²) >= 11 is 0. The maximum atomic E-state index is 12.7. The summed E-state index contributed by atoms with van der Waals surface area (Å²) in [6.45, 7) is 4.45. The maximum Gasteiger partial charge on any atom is 0.236 e. The average Bonchev–Trinajstić information content (AvgIpc) is 3.03. The summed E-state index contributed by atoms with van der Waals surface area (Å²) in [5.41, 5.74) is 2.74. The van der Waals surface area contributed by atoms with E-state index < -0.39 is 0 Å². The van der Waals surface area contributed by atoms with Crippen LogP contribution in [0.15, 0.2) is 24.3 Å². The maximum absolute atomic E-state index is 12.7. The lowest BCUT2D eigenvalue weighted by Crippen LogP contribution is -2.43. The summed E-state index contributed by atoms with van der Waals surface area (Å²) in [6, 6.07) is 8.49. The van der Waals surface area contributed by atoms with Crippen LogP contribution in [0.25, 0.3) is 0 Å². The van der Waals surface area contributed by atoms with Gasteiger partial charge < -0.3 is 9.80 Å². The summed E-state index contributed by atoms with van der Waals surface area (Å²) in [4.78, 5) is 31.0. The monoisotopic (exact) mass is 327 g/mol. The molecule has 0 spiro atoms. The summed E-state index contributed by atoms with van der Waals surface area (Å²) in [6.07, 6.45) is 2.03. The Morgan fingerprint density at radius 3 is 2.79 bits per heavy atom. The van der Waals surface area contributed by atoms with Crippen molar-refractivity contribution in [3.63, 3.8) is 0 Å². The van der Waals surface area contributed by atoms with Gasteiger partial charge in [-0.1, -0.05) is 24.3 Å². The fraction of sp³-hybridized carbons (Fsp3) is 0.579. The molecule has 0 N–H and O–H groups in total. The highest BCUT2D eigenvalue weighted by Crippen LogP contribution is 2.31. The van der Waals surface area contributed by atoms with Gasteiger partial charge in [0.1, 0.15) is 0 Å². The van der Waals surface area contributed by atoms with E-state index in [1.54, 1.807) is 0 Å². The highest BCUT2D eigenvalue weighted by atomic mass is 16.2. The van der Waals surface area contributed by atoms with Gasteiger partial charge in [-0.15, -0.1) is 0 Å². The fourth-order valence-corrected chi connectivity index (χ4v) is 4.38. The predicted molar refractivity (Wildman–Crippen MR) is 91.2 cm³/mol. The zero-order chi connectivity index (χ0) is 16.7. The Morgan fingerprint density at radius 1 is 1.17 bits per heavy atom. The van der Waals surface area contributed by atoms with Gasteiger partial charge in [-0.2, -0.15) is 0 Å². The van der Waals surface area contributed by atoms with E-state index in [1.165, 1.54) is 11.1 Å². The Hall–Kier alpha value is -1.88. The van der Waals surface area contributed by atoms with Crippen molar-refractivity contribution in [2.45, 2.75) is 19.4 Å². The molecule has 1 aromatic rings. The standard InChI is InChI=1S/C19H25N3O2/c1-20-8-6-16-11-22(12-17(16)19(20)24)18(23)13-21-9-7-14-4-2-3-5-15(14)10-21/h2-5,16-17H,6-13H2,1H3/t16-,17+/m1/s1. The number of hydrogen-bond donors (Lipinski definition) is 0. The minimum absolute atomic E-state index is 0.0229. The smallest absolute Gasteiger partial charge is 0.236 e. The van der Waals surface area contributed by atoms with E-state index in [2.05, 4.69) is 29.2 Å². The fourth-order valence-electron chi connectivity index (χ4n) is 4.38. The minimum Gasteiger partial charge on any atom is -0.345 e. The lowest BCUT2D eigenvalue weighted by molar-refractivity contribution is -0.138. The first-order valence-corrected chi connectivity index (χ1v) is 8.93. The number of likely N-dealkylation sites (tertiary alicyclic amines) is 2. The number of hydrogen-bond acceptors (Lipinski definition) is 3. The van der Waals surface area contributed by atoms with Crippen LogP contribution in [0, 0.1) is 11.8 Å². The Labute approximate surface area is 143 Å². The molecule has 5 nitrogen and oxygen atoms in total. The number of rotatable bonds is 2. The SMILES string of the molecule is CN1CC[C@@H]2CN(C(=O)CN3CCc4ccccc4C3)C[C@@H]2C1=O. The molecule has 24 heavy (non-hydrogen) atoms. The van der Waals surface area contributed by atoms with Crippen molar-refractivity contribution in [1.29, 1.82) is 0 Å². The average molecular weight is 327 g/mol. The second kappa shape index (κ2) is 6.20. The second-order valence-corrected chi connectivity index (χ2v) is 7.44. The molecule has 2 saturated heterocycles. The first-order valence-electron chi connectivity index (χ1n) is 8.93. The van der Waals surface area contributed by atoms with E-state index in [0.29, 0.717) is 19.0 Å². The van der Waals surface area contributed by atoms with E-state index in [4.69, 9.17) is 0 Å². The molecule has 2 amide bonds. The van der Waals surface area contributed by atoms with Gasteiger partial charge in [0.05, 0.1) is 12.5 Å². The number of benzene rings is 1. The third-order valence-corrected chi connectivity index (χ3v) is 5.89. The normalized spacial score (nSPS) is 27.1. The Bertz CT molecular complexity index is 660. The predicted octanol–water partition coefficient (Wildman–Crippen LogP) is 0.981. The third-order valence-electron chi connectivity index (χ3n) is 5.89. The molecule has 4 rings (SSSR count). The van der Waals surface area contributed by atoms with Crippen LogP contribution in [0.5, 0.6) is 0 Å². The molecule has 0 aromatic heterocycles. The number of carbonyl (C=O) groups excluding carboxylic acids is 2. The molecule has 3 heterocycles. The molecule has 2 fully saturated rings. The third kappa shape index (κ3) is 2.81. The summed E-state index contributed by atoms with van der Waals surface area (Å²) < 4.78 is 0. The van der Waals surface area contributed by atoms with Gasteiger partial charge in [0, 0.05) is 39.8 Å². The molecule has 2 atom stereocenters. The van der Waals surface area contributed by atoms with Gasteiger partial charge in [-0.3, -0.25) is 14.5 Å². The van der Waals surface area contributed by atoms with Gasteiger partial charge >= 0.3 is 0 Å². The molecule has 3 aliphatic heterocycles. The van der Waals surface area contributed by atoms with Gasteiger partial charge in [-0.25, -0.2) is 0 Å². The highest BCUT2D eigenvalue weighted by molar-refractivity contribution is 5.83. The summed E-state index contributed by atoms with van der Waals surface area (Å²) in [5.74, 6) is 0.780. The van der Waals surface area contributed by atoms with Crippen LogP contribution in [-0.2, 0) is 22.6 Å². The van der Waals surface area contributed by atoms with Crippen LogP contribution < -0.4 is 0 Å². The number of nitrogens with zero attached hydrogens (tertiary/aromatic N) is 3. The van der Waals surface area contributed by atoms with E-state index >= 15 is 0 Å². The van der Waals surface area contributed by atoms with Crippen molar-refractivity contribution in [1.82, 2.24) is 14.7 Å². The zero-order valence-electron chi connectivity index (χ0n) is 14.3. The van der Waals surface area contributed by atoms with Crippen LogP contribution in [0.4, 0.5) is 0 Å².